The standard InChI is InChI=1S/C27H32N8O.C2HF3O2/c1-19-6-5-14-34(19)25-8-4-7-24(32-25)31-23-16-22(17-35-26(23)29-18-30-35)20-9-11-21(12-10-20)27(36)28-13-15-33(2)3;3-2(4,5)1(6)7/h4,7-12,16-19H,5-6,13-15H2,1-3H3,(H,28,36)(H,31,32);(H,6,7)/t19-;/m0./s1. The molecule has 14 heteroatoms. The predicted molar refractivity (Wildman–Crippen MR) is 157 cm³/mol. The molecule has 3 aromatic heterocycles. The third-order valence-electron chi connectivity index (χ3n) is 6.79. The Bertz CT molecular complexity index is 1560. The molecule has 228 valence electrons. The Labute approximate surface area is 246 Å². The molecule has 1 saturated heterocycles. The molecule has 5 rings (SSSR count). The van der Waals surface area contributed by atoms with Gasteiger partial charge in [0, 0.05) is 43.0 Å². The molecule has 0 spiro atoms. The molecular formula is C29H33F3N8O3. The van der Waals surface area contributed by atoms with Crippen LogP contribution in [0.5, 0.6) is 0 Å². The van der Waals surface area contributed by atoms with Crippen molar-refractivity contribution in [3.63, 3.8) is 0 Å². The minimum absolute atomic E-state index is 0.0734. The topological polar surface area (TPSA) is 128 Å². The summed E-state index contributed by atoms with van der Waals surface area (Å²) in [6.45, 7) is 4.69. The summed E-state index contributed by atoms with van der Waals surface area (Å²) in [5.41, 5.74) is 4.11. The molecule has 0 saturated carbocycles. The summed E-state index contributed by atoms with van der Waals surface area (Å²) < 4.78 is 33.5. The maximum absolute atomic E-state index is 12.4. The monoisotopic (exact) mass is 598 g/mol. The zero-order valence-electron chi connectivity index (χ0n) is 24.0. The Morgan fingerprint density at radius 3 is 2.47 bits per heavy atom. The molecule has 0 radical (unpaired) electrons. The Kier molecular flexibility index (Phi) is 9.80. The normalized spacial score (nSPS) is 14.9. The van der Waals surface area contributed by atoms with Gasteiger partial charge in [-0.25, -0.2) is 19.3 Å². The Morgan fingerprint density at radius 2 is 1.84 bits per heavy atom. The fraction of sp³-hybridized carbons (Fsp3) is 0.345. The van der Waals surface area contributed by atoms with E-state index in [1.54, 1.807) is 10.8 Å². The smallest absolute Gasteiger partial charge is 0.475 e. The fourth-order valence-corrected chi connectivity index (χ4v) is 4.55. The number of fused-ring (bicyclic) bond motifs is 1. The van der Waals surface area contributed by atoms with Crippen LogP contribution >= 0.6 is 0 Å². The molecule has 3 N–H and O–H groups in total. The number of aliphatic carboxylic acids is 1. The molecule has 11 nitrogen and oxygen atoms in total. The number of carboxylic acid groups (broad SMARTS) is 1. The Morgan fingerprint density at radius 1 is 1.12 bits per heavy atom. The number of nitrogens with one attached hydrogen (secondary N) is 2. The second-order valence-electron chi connectivity index (χ2n) is 10.3. The zero-order valence-corrected chi connectivity index (χ0v) is 24.0. The third kappa shape index (κ3) is 8.19. The van der Waals surface area contributed by atoms with Gasteiger partial charge in [0.1, 0.15) is 18.0 Å². The van der Waals surface area contributed by atoms with Crippen molar-refractivity contribution >= 4 is 34.8 Å². The number of halogens is 3. The van der Waals surface area contributed by atoms with Crippen LogP contribution in [-0.4, -0.2) is 87.4 Å². The predicted octanol–water partition coefficient (Wildman–Crippen LogP) is 4.45. The first-order chi connectivity index (χ1) is 20.4. The van der Waals surface area contributed by atoms with Crippen molar-refractivity contribution in [1.82, 2.24) is 29.8 Å². The number of likely N-dealkylation sites (N-methyl/N-ethyl adjacent to an activating group) is 1. The molecule has 0 bridgehead atoms. The summed E-state index contributed by atoms with van der Waals surface area (Å²) in [7, 11) is 3.97. The molecule has 4 aromatic rings. The molecule has 1 aliphatic heterocycles. The molecule has 1 amide bonds. The molecule has 1 fully saturated rings. The van der Waals surface area contributed by atoms with E-state index in [1.165, 1.54) is 12.8 Å². The van der Waals surface area contributed by atoms with Gasteiger partial charge >= 0.3 is 12.1 Å². The number of carbonyl (C=O) groups excluding carboxylic acids is 1. The third-order valence-corrected chi connectivity index (χ3v) is 6.79. The Balaban J connectivity index is 0.000000541. The first kappa shape index (κ1) is 31.2. The van der Waals surface area contributed by atoms with Crippen LogP contribution in [0.4, 0.5) is 30.5 Å². The van der Waals surface area contributed by atoms with Gasteiger partial charge in [0.2, 0.25) is 0 Å². The number of carboxylic acids is 1. The largest absolute Gasteiger partial charge is 0.490 e. The summed E-state index contributed by atoms with van der Waals surface area (Å²) in [6.07, 6.45) is 0.786. The van der Waals surface area contributed by atoms with Crippen molar-refractivity contribution in [1.29, 1.82) is 0 Å². The van der Waals surface area contributed by atoms with Gasteiger partial charge in [-0.3, -0.25) is 4.79 Å². The number of nitrogens with zero attached hydrogens (tertiary/aromatic N) is 6. The van der Waals surface area contributed by atoms with Gasteiger partial charge in [-0.05, 0) is 69.8 Å². The summed E-state index contributed by atoms with van der Waals surface area (Å²) >= 11 is 0. The van der Waals surface area contributed by atoms with Crippen molar-refractivity contribution in [2.45, 2.75) is 32.0 Å². The van der Waals surface area contributed by atoms with Crippen LogP contribution in [0.3, 0.4) is 0 Å². The fourth-order valence-electron chi connectivity index (χ4n) is 4.55. The number of rotatable bonds is 8. The van der Waals surface area contributed by atoms with E-state index in [-0.39, 0.29) is 5.91 Å². The summed E-state index contributed by atoms with van der Waals surface area (Å²) in [6, 6.07) is 16.2. The highest BCUT2D eigenvalue weighted by molar-refractivity contribution is 5.94. The van der Waals surface area contributed by atoms with E-state index in [9.17, 15) is 18.0 Å². The van der Waals surface area contributed by atoms with Gasteiger partial charge in [-0.1, -0.05) is 18.2 Å². The van der Waals surface area contributed by atoms with E-state index in [1.807, 2.05) is 67.7 Å². The molecule has 1 atom stereocenters. The average molecular weight is 599 g/mol. The van der Waals surface area contributed by atoms with Gasteiger partial charge in [0.25, 0.3) is 5.91 Å². The van der Waals surface area contributed by atoms with E-state index in [2.05, 4.69) is 38.6 Å². The molecular weight excluding hydrogens is 565 g/mol. The highest BCUT2D eigenvalue weighted by Crippen LogP contribution is 2.29. The van der Waals surface area contributed by atoms with Gasteiger partial charge in [0.05, 0.1) is 5.69 Å². The van der Waals surface area contributed by atoms with Crippen molar-refractivity contribution in [3.05, 3.63) is 66.6 Å². The number of alkyl halides is 3. The van der Waals surface area contributed by atoms with Gasteiger partial charge < -0.3 is 25.5 Å². The highest BCUT2D eigenvalue weighted by atomic mass is 19.4. The molecule has 0 aliphatic carbocycles. The number of aromatic nitrogens is 4. The zero-order chi connectivity index (χ0) is 31.1. The van der Waals surface area contributed by atoms with Crippen molar-refractivity contribution in [2.24, 2.45) is 0 Å². The lowest BCUT2D eigenvalue weighted by atomic mass is 10.0. The second-order valence-corrected chi connectivity index (χ2v) is 10.3. The minimum atomic E-state index is -5.08. The average Bonchev–Trinajstić information content (AvgIpc) is 3.62. The van der Waals surface area contributed by atoms with Crippen LogP contribution in [-0.2, 0) is 4.79 Å². The summed E-state index contributed by atoms with van der Waals surface area (Å²) in [5.74, 6) is -1.08. The quantitative estimate of drug-likeness (QED) is 0.270. The van der Waals surface area contributed by atoms with Gasteiger partial charge in [-0.2, -0.15) is 18.3 Å². The number of hydrogen-bond acceptors (Lipinski definition) is 8. The first-order valence-corrected chi connectivity index (χ1v) is 13.6. The van der Waals surface area contributed by atoms with Crippen LogP contribution in [0.1, 0.15) is 30.1 Å². The number of hydrogen-bond donors (Lipinski definition) is 3. The van der Waals surface area contributed by atoms with E-state index < -0.39 is 12.1 Å². The summed E-state index contributed by atoms with van der Waals surface area (Å²) in [5, 5.41) is 17.9. The van der Waals surface area contributed by atoms with Crippen LogP contribution in [0.15, 0.2) is 61.1 Å². The van der Waals surface area contributed by atoms with Gasteiger partial charge in [0.15, 0.2) is 5.65 Å². The van der Waals surface area contributed by atoms with Crippen molar-refractivity contribution < 1.29 is 27.9 Å². The number of pyridine rings is 2. The highest BCUT2D eigenvalue weighted by Gasteiger charge is 2.38. The number of carbonyl (C=O) groups is 2. The lowest BCUT2D eigenvalue weighted by Crippen LogP contribution is -2.31. The molecule has 0 unspecified atom stereocenters. The number of benzene rings is 1. The lowest BCUT2D eigenvalue weighted by Gasteiger charge is -2.23. The second kappa shape index (κ2) is 13.5. The minimum Gasteiger partial charge on any atom is -0.475 e. The maximum Gasteiger partial charge on any atom is 0.490 e. The van der Waals surface area contributed by atoms with Crippen molar-refractivity contribution in [3.8, 4) is 11.1 Å². The lowest BCUT2D eigenvalue weighted by molar-refractivity contribution is -0.192. The molecule has 1 aromatic carbocycles. The SMILES string of the molecule is C[C@H]1CCCN1c1cccc(Nc2cc(-c3ccc(C(=O)NCCN(C)C)cc3)cn3ncnc23)n1.O=C(O)C(F)(F)F. The molecule has 43 heavy (non-hydrogen) atoms. The Hall–Kier alpha value is -4.72. The van der Waals surface area contributed by atoms with E-state index in [4.69, 9.17) is 14.9 Å². The van der Waals surface area contributed by atoms with E-state index in [0.717, 1.165) is 47.2 Å². The van der Waals surface area contributed by atoms with Crippen LogP contribution in [0, 0.1) is 0 Å². The molecule has 4 heterocycles. The number of anilines is 3. The van der Waals surface area contributed by atoms with E-state index in [0.29, 0.717) is 18.2 Å². The van der Waals surface area contributed by atoms with Crippen LogP contribution in [0.25, 0.3) is 16.8 Å². The maximum atomic E-state index is 12.4. The van der Waals surface area contributed by atoms with E-state index >= 15 is 0 Å². The first-order valence-electron chi connectivity index (χ1n) is 13.6. The van der Waals surface area contributed by atoms with Crippen LogP contribution < -0.4 is 15.5 Å². The molecule has 1 aliphatic rings. The van der Waals surface area contributed by atoms with Gasteiger partial charge in [-0.15, -0.1) is 0 Å². The number of amides is 1. The van der Waals surface area contributed by atoms with Crippen molar-refractivity contribution in [2.75, 3.05) is 43.9 Å². The summed E-state index contributed by atoms with van der Waals surface area (Å²) in [4.78, 5) is 35.0. The van der Waals surface area contributed by atoms with Crippen LogP contribution in [0.2, 0.25) is 0 Å².